The molecule has 0 spiro atoms. The van der Waals surface area contributed by atoms with E-state index in [1.54, 1.807) is 25.4 Å². The number of nitrogens with one attached hydrogen (secondary N) is 2. The second-order valence-corrected chi connectivity index (χ2v) is 5.74. The van der Waals surface area contributed by atoms with Gasteiger partial charge >= 0.3 is 0 Å². The zero-order valence-corrected chi connectivity index (χ0v) is 14.6. The molecule has 0 aliphatic carbocycles. The van der Waals surface area contributed by atoms with E-state index >= 15 is 0 Å². The van der Waals surface area contributed by atoms with E-state index in [1.807, 2.05) is 54.6 Å². The second-order valence-electron chi connectivity index (χ2n) is 5.74. The summed E-state index contributed by atoms with van der Waals surface area (Å²) in [5, 5.41) is 6.13. The van der Waals surface area contributed by atoms with Crippen molar-refractivity contribution in [2.75, 3.05) is 19.0 Å². The Balaban J connectivity index is 1.59. The van der Waals surface area contributed by atoms with Gasteiger partial charge in [0.15, 0.2) is 0 Å². The van der Waals surface area contributed by atoms with Crippen LogP contribution in [0.4, 0.5) is 11.5 Å². The number of hydrogen-bond acceptors (Lipinski definition) is 4. The number of anilines is 2. The van der Waals surface area contributed by atoms with Crippen molar-refractivity contribution in [3.63, 3.8) is 0 Å². The highest BCUT2D eigenvalue weighted by Crippen LogP contribution is 2.17. The van der Waals surface area contributed by atoms with Gasteiger partial charge in [0.25, 0.3) is 5.91 Å². The zero-order valence-electron chi connectivity index (χ0n) is 14.6. The normalized spacial score (nSPS) is 10.2. The lowest BCUT2D eigenvalue weighted by molar-refractivity contribution is 0.0954. The van der Waals surface area contributed by atoms with E-state index in [9.17, 15) is 4.79 Å². The van der Waals surface area contributed by atoms with Gasteiger partial charge in [-0.2, -0.15) is 0 Å². The molecule has 0 saturated carbocycles. The summed E-state index contributed by atoms with van der Waals surface area (Å²) < 4.78 is 5.33. The van der Waals surface area contributed by atoms with Gasteiger partial charge in [0.2, 0.25) is 0 Å². The summed E-state index contributed by atoms with van der Waals surface area (Å²) in [7, 11) is 1.65. The number of rotatable bonds is 7. The van der Waals surface area contributed by atoms with Crippen LogP contribution in [0.2, 0.25) is 0 Å². The number of aromatic nitrogens is 1. The van der Waals surface area contributed by atoms with Gasteiger partial charge in [-0.1, -0.05) is 36.4 Å². The largest absolute Gasteiger partial charge is 0.496 e. The minimum atomic E-state index is -0.126. The first-order valence-corrected chi connectivity index (χ1v) is 8.44. The van der Waals surface area contributed by atoms with Crippen molar-refractivity contribution >= 4 is 17.4 Å². The summed E-state index contributed by atoms with van der Waals surface area (Å²) in [5.74, 6) is 1.34. The van der Waals surface area contributed by atoms with Gasteiger partial charge in [-0.3, -0.25) is 4.79 Å². The van der Waals surface area contributed by atoms with Crippen LogP contribution >= 0.6 is 0 Å². The minimum Gasteiger partial charge on any atom is -0.496 e. The van der Waals surface area contributed by atoms with Gasteiger partial charge in [-0.25, -0.2) is 4.98 Å². The van der Waals surface area contributed by atoms with E-state index in [1.165, 1.54) is 0 Å². The highest BCUT2D eigenvalue weighted by atomic mass is 16.5. The molecule has 1 aromatic heterocycles. The fraction of sp³-hybridized carbons (Fsp3) is 0.143. The molecular formula is C21H21N3O2. The van der Waals surface area contributed by atoms with Crippen molar-refractivity contribution in [1.29, 1.82) is 0 Å². The van der Waals surface area contributed by atoms with Gasteiger partial charge in [-0.15, -0.1) is 0 Å². The summed E-state index contributed by atoms with van der Waals surface area (Å²) in [5.41, 5.74) is 2.56. The Kier molecular flexibility index (Phi) is 5.83. The Morgan fingerprint density at radius 1 is 1.04 bits per heavy atom. The standard InChI is InChI=1S/C21H21N3O2/c1-26-19-10-6-5-7-16(19)11-14-23-21(25)17-12-13-22-20(15-17)24-18-8-3-2-4-9-18/h2-10,12-13,15H,11,14H2,1H3,(H,22,24)(H,23,25). The molecule has 5 nitrogen and oxygen atoms in total. The third kappa shape index (κ3) is 4.60. The van der Waals surface area contributed by atoms with Crippen LogP contribution in [-0.4, -0.2) is 24.5 Å². The maximum absolute atomic E-state index is 12.4. The lowest BCUT2D eigenvalue weighted by Gasteiger charge is -2.10. The van der Waals surface area contributed by atoms with E-state index in [4.69, 9.17) is 4.74 Å². The molecule has 132 valence electrons. The van der Waals surface area contributed by atoms with Gasteiger partial charge in [0, 0.05) is 24.0 Å². The lowest BCUT2D eigenvalue weighted by Crippen LogP contribution is -2.25. The molecule has 0 unspecified atom stereocenters. The van der Waals surface area contributed by atoms with E-state index < -0.39 is 0 Å². The quantitative estimate of drug-likeness (QED) is 0.682. The molecule has 0 aliphatic rings. The third-order valence-corrected chi connectivity index (χ3v) is 3.94. The first-order chi connectivity index (χ1) is 12.8. The molecule has 0 bridgehead atoms. The monoisotopic (exact) mass is 347 g/mol. The van der Waals surface area contributed by atoms with Crippen LogP contribution in [0.5, 0.6) is 5.75 Å². The van der Waals surface area contributed by atoms with Crippen LogP contribution in [0.1, 0.15) is 15.9 Å². The Labute approximate surface area is 153 Å². The van der Waals surface area contributed by atoms with E-state index in [2.05, 4.69) is 15.6 Å². The number of hydrogen-bond donors (Lipinski definition) is 2. The zero-order chi connectivity index (χ0) is 18.2. The van der Waals surface area contributed by atoms with Crippen LogP contribution in [0, 0.1) is 0 Å². The van der Waals surface area contributed by atoms with Gasteiger partial charge in [0.1, 0.15) is 11.6 Å². The third-order valence-electron chi connectivity index (χ3n) is 3.94. The summed E-state index contributed by atoms with van der Waals surface area (Å²) in [4.78, 5) is 16.7. The van der Waals surface area contributed by atoms with Crippen molar-refractivity contribution in [3.05, 3.63) is 84.1 Å². The summed E-state index contributed by atoms with van der Waals surface area (Å²) >= 11 is 0. The molecule has 0 radical (unpaired) electrons. The number of benzene rings is 2. The molecule has 2 aromatic carbocycles. The number of methoxy groups -OCH3 is 1. The van der Waals surface area contributed by atoms with E-state index in [0.29, 0.717) is 24.3 Å². The first kappa shape index (κ1) is 17.5. The molecular weight excluding hydrogens is 326 g/mol. The van der Waals surface area contributed by atoms with Crippen molar-refractivity contribution in [2.45, 2.75) is 6.42 Å². The van der Waals surface area contributed by atoms with Crippen LogP contribution in [0.15, 0.2) is 72.9 Å². The summed E-state index contributed by atoms with van der Waals surface area (Å²) in [6, 6.07) is 21.0. The Bertz CT molecular complexity index is 866. The fourth-order valence-corrected chi connectivity index (χ4v) is 2.63. The van der Waals surface area contributed by atoms with Crippen molar-refractivity contribution in [1.82, 2.24) is 10.3 Å². The van der Waals surface area contributed by atoms with E-state index in [0.717, 1.165) is 17.0 Å². The molecule has 0 fully saturated rings. The second kappa shape index (κ2) is 8.67. The fourth-order valence-electron chi connectivity index (χ4n) is 2.63. The molecule has 3 rings (SSSR count). The summed E-state index contributed by atoms with van der Waals surface area (Å²) in [6.45, 7) is 0.531. The van der Waals surface area contributed by atoms with Crippen molar-refractivity contribution in [3.8, 4) is 5.75 Å². The molecule has 0 aliphatic heterocycles. The maximum atomic E-state index is 12.4. The van der Waals surface area contributed by atoms with Gasteiger partial charge in [0.05, 0.1) is 7.11 Å². The Morgan fingerprint density at radius 2 is 1.81 bits per heavy atom. The minimum absolute atomic E-state index is 0.126. The number of para-hydroxylation sites is 2. The Morgan fingerprint density at radius 3 is 2.62 bits per heavy atom. The summed E-state index contributed by atoms with van der Waals surface area (Å²) in [6.07, 6.45) is 2.33. The number of pyridine rings is 1. The molecule has 1 heterocycles. The molecule has 26 heavy (non-hydrogen) atoms. The average molecular weight is 347 g/mol. The topological polar surface area (TPSA) is 63.2 Å². The van der Waals surface area contributed by atoms with Crippen LogP contribution in [0.25, 0.3) is 0 Å². The van der Waals surface area contributed by atoms with Gasteiger partial charge in [-0.05, 0) is 42.3 Å². The molecule has 0 saturated heterocycles. The molecule has 3 aromatic rings. The predicted molar refractivity (Wildman–Crippen MR) is 103 cm³/mol. The average Bonchev–Trinajstić information content (AvgIpc) is 2.69. The number of amides is 1. The first-order valence-electron chi connectivity index (χ1n) is 8.44. The van der Waals surface area contributed by atoms with Crippen molar-refractivity contribution in [2.24, 2.45) is 0 Å². The molecule has 2 N–H and O–H groups in total. The van der Waals surface area contributed by atoms with Crippen LogP contribution < -0.4 is 15.4 Å². The van der Waals surface area contributed by atoms with Crippen LogP contribution in [-0.2, 0) is 6.42 Å². The molecule has 1 amide bonds. The van der Waals surface area contributed by atoms with Crippen LogP contribution in [0.3, 0.4) is 0 Å². The number of carbonyl (C=O) groups excluding carboxylic acids is 1. The number of carbonyl (C=O) groups is 1. The molecule has 0 atom stereocenters. The van der Waals surface area contributed by atoms with E-state index in [-0.39, 0.29) is 5.91 Å². The smallest absolute Gasteiger partial charge is 0.251 e. The molecule has 5 heteroatoms. The maximum Gasteiger partial charge on any atom is 0.251 e. The highest BCUT2D eigenvalue weighted by Gasteiger charge is 2.08. The van der Waals surface area contributed by atoms with Crippen molar-refractivity contribution < 1.29 is 9.53 Å². The highest BCUT2D eigenvalue weighted by molar-refractivity contribution is 5.94. The predicted octanol–water partition coefficient (Wildman–Crippen LogP) is 3.81. The Hall–Kier alpha value is -3.34. The SMILES string of the molecule is COc1ccccc1CCNC(=O)c1ccnc(Nc2ccccc2)c1. The van der Waals surface area contributed by atoms with Gasteiger partial charge < -0.3 is 15.4 Å². The number of nitrogens with zero attached hydrogens (tertiary/aromatic N) is 1. The number of ether oxygens (including phenoxy) is 1. The lowest BCUT2D eigenvalue weighted by atomic mass is 10.1.